The van der Waals surface area contributed by atoms with Gasteiger partial charge in [-0.05, 0) is 37.5 Å². The summed E-state index contributed by atoms with van der Waals surface area (Å²) in [6.45, 7) is 3.50. The van der Waals surface area contributed by atoms with E-state index in [1.165, 1.54) is 38.5 Å². The van der Waals surface area contributed by atoms with Crippen LogP contribution in [0.3, 0.4) is 0 Å². The van der Waals surface area contributed by atoms with E-state index >= 15 is 0 Å². The Labute approximate surface area is 117 Å². The molecule has 0 aromatic rings. The maximum Gasteiger partial charge on any atom is 0.212 e. The molecule has 2 fully saturated rings. The van der Waals surface area contributed by atoms with Crippen LogP contribution in [-0.2, 0) is 10.0 Å². The van der Waals surface area contributed by atoms with Gasteiger partial charge in [-0.25, -0.2) is 13.1 Å². The van der Waals surface area contributed by atoms with Crippen LogP contribution >= 0.6 is 0 Å². The van der Waals surface area contributed by atoms with Gasteiger partial charge < -0.3 is 5.32 Å². The summed E-state index contributed by atoms with van der Waals surface area (Å²) in [5, 5.41) is 3.24. The largest absolute Gasteiger partial charge is 0.313 e. The zero-order valence-corrected chi connectivity index (χ0v) is 12.8. The number of hydrogen-bond acceptors (Lipinski definition) is 3. The fraction of sp³-hybridized carbons (Fsp3) is 1.00. The zero-order valence-electron chi connectivity index (χ0n) is 12.0. The minimum atomic E-state index is -3.08. The van der Waals surface area contributed by atoms with Crippen molar-refractivity contribution in [3.8, 4) is 0 Å². The predicted octanol–water partition coefficient (Wildman–Crippen LogP) is 1.87. The molecule has 2 N–H and O–H groups in total. The van der Waals surface area contributed by atoms with Crippen molar-refractivity contribution in [2.45, 2.75) is 57.9 Å². The number of rotatable bonds is 8. The van der Waals surface area contributed by atoms with Crippen molar-refractivity contribution in [3.63, 3.8) is 0 Å². The average molecular weight is 288 g/mol. The molecular weight excluding hydrogens is 260 g/mol. The minimum Gasteiger partial charge on any atom is -0.313 e. The molecular formula is C14H28N2O2S. The molecule has 0 saturated heterocycles. The standard InChI is InChI=1S/C14H28N2O2S/c1-12-3-2-4-13(11-12)7-8-16-19(17,18)10-9-15-14-5-6-14/h12-16H,2-11H2,1H3. The van der Waals surface area contributed by atoms with Gasteiger partial charge in [-0.3, -0.25) is 0 Å². The molecule has 0 aromatic carbocycles. The molecule has 0 bridgehead atoms. The first-order valence-electron chi connectivity index (χ1n) is 7.76. The lowest BCUT2D eigenvalue weighted by Gasteiger charge is -2.26. The summed E-state index contributed by atoms with van der Waals surface area (Å²) in [7, 11) is -3.08. The third-order valence-corrected chi connectivity index (χ3v) is 5.69. The molecule has 2 atom stereocenters. The average Bonchev–Trinajstić information content (AvgIpc) is 3.12. The van der Waals surface area contributed by atoms with Crippen molar-refractivity contribution in [1.82, 2.24) is 10.0 Å². The number of hydrogen-bond donors (Lipinski definition) is 2. The second-order valence-corrected chi connectivity index (χ2v) is 8.29. The van der Waals surface area contributed by atoms with Crippen molar-refractivity contribution >= 4 is 10.0 Å². The lowest BCUT2D eigenvalue weighted by atomic mass is 9.81. The summed E-state index contributed by atoms with van der Waals surface area (Å²) >= 11 is 0. The minimum absolute atomic E-state index is 0.213. The summed E-state index contributed by atoms with van der Waals surface area (Å²) in [5.41, 5.74) is 0. The molecule has 5 heteroatoms. The van der Waals surface area contributed by atoms with Gasteiger partial charge in [0.05, 0.1) is 5.75 Å². The Balaban J connectivity index is 1.57. The lowest BCUT2D eigenvalue weighted by molar-refractivity contribution is 0.271. The fourth-order valence-corrected chi connectivity index (χ4v) is 3.96. The Morgan fingerprint density at radius 2 is 1.89 bits per heavy atom. The third-order valence-electron chi connectivity index (χ3n) is 4.30. The van der Waals surface area contributed by atoms with E-state index < -0.39 is 10.0 Å². The van der Waals surface area contributed by atoms with Crippen LogP contribution in [-0.4, -0.2) is 33.3 Å². The van der Waals surface area contributed by atoms with Crippen LogP contribution in [0.15, 0.2) is 0 Å². The van der Waals surface area contributed by atoms with Gasteiger partial charge in [0.2, 0.25) is 10.0 Å². The highest BCUT2D eigenvalue weighted by molar-refractivity contribution is 7.89. The molecule has 2 aliphatic carbocycles. The van der Waals surface area contributed by atoms with E-state index in [9.17, 15) is 8.42 Å². The quantitative estimate of drug-likeness (QED) is 0.717. The summed E-state index contributed by atoms with van der Waals surface area (Å²) < 4.78 is 26.3. The van der Waals surface area contributed by atoms with Crippen molar-refractivity contribution in [1.29, 1.82) is 0 Å². The van der Waals surface area contributed by atoms with E-state index in [1.807, 2.05) is 0 Å². The first-order valence-corrected chi connectivity index (χ1v) is 9.41. The molecule has 2 rings (SSSR count). The Hall–Kier alpha value is -0.130. The molecule has 0 aromatic heterocycles. The van der Waals surface area contributed by atoms with Crippen molar-refractivity contribution in [2.24, 2.45) is 11.8 Å². The molecule has 4 nitrogen and oxygen atoms in total. The van der Waals surface area contributed by atoms with E-state index in [2.05, 4.69) is 17.0 Å². The maximum atomic E-state index is 11.8. The van der Waals surface area contributed by atoms with Crippen LogP contribution in [0.25, 0.3) is 0 Å². The maximum absolute atomic E-state index is 11.8. The van der Waals surface area contributed by atoms with Gasteiger partial charge in [0, 0.05) is 19.1 Å². The predicted molar refractivity (Wildman–Crippen MR) is 78.6 cm³/mol. The highest BCUT2D eigenvalue weighted by Crippen LogP contribution is 2.30. The van der Waals surface area contributed by atoms with Gasteiger partial charge in [0.25, 0.3) is 0 Å². The SMILES string of the molecule is CC1CCCC(CCNS(=O)(=O)CCNC2CC2)C1. The molecule has 0 radical (unpaired) electrons. The van der Waals surface area contributed by atoms with Crippen LogP contribution in [0, 0.1) is 11.8 Å². The molecule has 2 saturated carbocycles. The number of nitrogens with one attached hydrogen (secondary N) is 2. The molecule has 19 heavy (non-hydrogen) atoms. The first kappa shape index (κ1) is 15.3. The number of sulfonamides is 1. The van der Waals surface area contributed by atoms with E-state index in [0.717, 1.165) is 18.3 Å². The van der Waals surface area contributed by atoms with Crippen molar-refractivity contribution < 1.29 is 8.42 Å². The molecule has 2 aliphatic rings. The molecule has 0 amide bonds. The van der Waals surface area contributed by atoms with Gasteiger partial charge in [0.1, 0.15) is 0 Å². The fourth-order valence-electron chi connectivity index (χ4n) is 3.00. The van der Waals surface area contributed by atoms with E-state index in [1.54, 1.807) is 0 Å². The molecule has 0 heterocycles. The Bertz CT molecular complexity index is 366. The van der Waals surface area contributed by atoms with Crippen LogP contribution in [0.1, 0.15) is 51.9 Å². The summed E-state index contributed by atoms with van der Waals surface area (Å²) in [4.78, 5) is 0. The first-order chi connectivity index (χ1) is 9.05. The smallest absolute Gasteiger partial charge is 0.212 e. The molecule has 112 valence electrons. The molecule has 0 aliphatic heterocycles. The normalized spacial score (nSPS) is 28.5. The van der Waals surface area contributed by atoms with Gasteiger partial charge in [0.15, 0.2) is 0 Å². The van der Waals surface area contributed by atoms with E-state index in [4.69, 9.17) is 0 Å². The van der Waals surface area contributed by atoms with Gasteiger partial charge in [-0.1, -0.05) is 26.2 Å². The summed E-state index contributed by atoms with van der Waals surface area (Å²) in [6.07, 6.45) is 8.60. The van der Waals surface area contributed by atoms with Crippen LogP contribution in [0.4, 0.5) is 0 Å². The Morgan fingerprint density at radius 1 is 1.11 bits per heavy atom. The highest BCUT2D eigenvalue weighted by atomic mass is 32.2. The van der Waals surface area contributed by atoms with Gasteiger partial charge >= 0.3 is 0 Å². The van der Waals surface area contributed by atoms with E-state index in [0.29, 0.717) is 19.1 Å². The lowest BCUT2D eigenvalue weighted by Crippen LogP contribution is -2.34. The van der Waals surface area contributed by atoms with Crippen molar-refractivity contribution in [2.75, 3.05) is 18.8 Å². The van der Waals surface area contributed by atoms with Gasteiger partial charge in [-0.2, -0.15) is 0 Å². The summed E-state index contributed by atoms with van der Waals surface area (Å²) in [5.74, 6) is 1.75. The second kappa shape index (κ2) is 7.04. The van der Waals surface area contributed by atoms with Crippen LogP contribution in [0.2, 0.25) is 0 Å². The Kier molecular flexibility index (Phi) is 5.66. The molecule has 0 spiro atoms. The second-order valence-electron chi connectivity index (χ2n) is 6.37. The highest BCUT2D eigenvalue weighted by Gasteiger charge is 2.22. The van der Waals surface area contributed by atoms with Gasteiger partial charge in [-0.15, -0.1) is 0 Å². The summed E-state index contributed by atoms with van der Waals surface area (Å²) in [6, 6.07) is 0.582. The topological polar surface area (TPSA) is 58.2 Å². The van der Waals surface area contributed by atoms with Crippen LogP contribution < -0.4 is 10.0 Å². The van der Waals surface area contributed by atoms with E-state index in [-0.39, 0.29) is 5.75 Å². The third kappa shape index (κ3) is 6.23. The monoisotopic (exact) mass is 288 g/mol. The molecule has 2 unspecified atom stereocenters. The van der Waals surface area contributed by atoms with Crippen molar-refractivity contribution in [3.05, 3.63) is 0 Å². The van der Waals surface area contributed by atoms with Crippen LogP contribution in [0.5, 0.6) is 0 Å². The Morgan fingerprint density at radius 3 is 2.58 bits per heavy atom. The zero-order chi connectivity index (χ0) is 13.7.